The number of benzene rings is 1. The Morgan fingerprint density at radius 3 is 2.76 bits per heavy atom. The van der Waals surface area contributed by atoms with Crippen molar-refractivity contribution in [3.8, 4) is 5.69 Å². The average molecular weight is 343 g/mol. The number of H-pyrrole nitrogens is 1. The second kappa shape index (κ2) is 5.25. The molecule has 0 unspecified atom stereocenters. The van der Waals surface area contributed by atoms with Crippen LogP contribution in [0.4, 0.5) is 0 Å². The first-order valence-electron chi connectivity index (χ1n) is 5.99. The number of hydrogen-bond donors (Lipinski definition) is 1. The zero-order valence-electron chi connectivity index (χ0n) is 10.7. The molecule has 0 amide bonds. The van der Waals surface area contributed by atoms with E-state index in [1.54, 1.807) is 19.1 Å². The Labute approximate surface area is 132 Å². The van der Waals surface area contributed by atoms with Crippen molar-refractivity contribution in [2.24, 2.45) is 0 Å². The highest BCUT2D eigenvalue weighted by Crippen LogP contribution is 2.27. The van der Waals surface area contributed by atoms with Gasteiger partial charge in [0.15, 0.2) is 0 Å². The minimum Gasteiger partial charge on any atom is -0.297 e. The van der Waals surface area contributed by atoms with Crippen LogP contribution in [0.3, 0.4) is 0 Å². The summed E-state index contributed by atoms with van der Waals surface area (Å²) in [4.78, 5) is 27.1. The van der Waals surface area contributed by atoms with Crippen molar-refractivity contribution in [2.45, 2.75) is 13.3 Å². The first-order valence-corrected chi connectivity index (χ1v) is 7.48. The van der Waals surface area contributed by atoms with Gasteiger partial charge in [0.05, 0.1) is 22.3 Å². The van der Waals surface area contributed by atoms with Crippen LogP contribution in [-0.4, -0.2) is 18.3 Å². The fourth-order valence-electron chi connectivity index (χ4n) is 2.08. The fraction of sp³-hybridized carbons (Fsp3) is 0.167. The Kier molecular flexibility index (Phi) is 3.56. The molecule has 0 aliphatic heterocycles. The number of halogens is 2. The molecule has 2 heterocycles. The van der Waals surface area contributed by atoms with Crippen LogP contribution in [0.2, 0.25) is 10.2 Å². The van der Waals surface area contributed by atoms with Crippen molar-refractivity contribution >= 4 is 46.0 Å². The molecule has 0 aliphatic rings. The van der Waals surface area contributed by atoms with E-state index in [2.05, 4.69) is 13.7 Å². The number of hydrogen-bond acceptors (Lipinski definition) is 5. The minimum atomic E-state index is -0.662. The number of fused-ring (bicyclic) bond motifs is 1. The number of rotatable bonds is 2. The van der Waals surface area contributed by atoms with E-state index in [0.717, 1.165) is 16.3 Å². The van der Waals surface area contributed by atoms with E-state index in [-0.39, 0.29) is 15.9 Å². The topological polar surface area (TPSA) is 80.6 Å². The van der Waals surface area contributed by atoms with Crippen molar-refractivity contribution in [1.82, 2.24) is 18.3 Å². The predicted molar refractivity (Wildman–Crippen MR) is 83.0 cm³/mol. The van der Waals surface area contributed by atoms with Gasteiger partial charge < -0.3 is 0 Å². The lowest BCUT2D eigenvalue weighted by atomic mass is 10.2. The molecule has 0 spiro atoms. The van der Waals surface area contributed by atoms with Crippen molar-refractivity contribution in [1.29, 1.82) is 0 Å². The number of nitrogens with zero attached hydrogens (tertiary/aromatic N) is 3. The number of aromatic nitrogens is 4. The smallest absolute Gasteiger partial charge is 0.297 e. The van der Waals surface area contributed by atoms with Crippen molar-refractivity contribution in [2.75, 3.05) is 0 Å². The van der Waals surface area contributed by atoms with Gasteiger partial charge in [0, 0.05) is 0 Å². The lowest BCUT2D eigenvalue weighted by Crippen LogP contribution is -2.36. The minimum absolute atomic E-state index is 0.0449. The highest BCUT2D eigenvalue weighted by molar-refractivity contribution is 7.00. The second-order valence-electron chi connectivity index (χ2n) is 4.24. The molecule has 0 aliphatic carbocycles. The molecule has 0 saturated heterocycles. The average Bonchev–Trinajstić information content (AvgIpc) is 2.89. The Morgan fingerprint density at radius 2 is 2.05 bits per heavy atom. The molecule has 21 heavy (non-hydrogen) atoms. The first-order chi connectivity index (χ1) is 10.0. The van der Waals surface area contributed by atoms with Crippen LogP contribution in [0.25, 0.3) is 16.7 Å². The monoisotopic (exact) mass is 342 g/mol. The summed E-state index contributed by atoms with van der Waals surface area (Å²) >= 11 is 13.1. The summed E-state index contributed by atoms with van der Waals surface area (Å²) in [6.45, 7) is 1.78. The molecule has 0 atom stereocenters. The van der Waals surface area contributed by atoms with Gasteiger partial charge in [-0.15, -0.1) is 0 Å². The fourth-order valence-corrected chi connectivity index (χ4v) is 3.15. The molecule has 0 fully saturated rings. The summed E-state index contributed by atoms with van der Waals surface area (Å²) in [5.41, 5.74) is 0.342. The molecule has 3 rings (SSSR count). The Hall–Kier alpha value is -1.70. The Morgan fingerprint density at radius 1 is 1.29 bits per heavy atom. The largest absolute Gasteiger partial charge is 0.334 e. The van der Waals surface area contributed by atoms with Gasteiger partial charge in [0.25, 0.3) is 5.56 Å². The normalized spacial score (nSPS) is 11.2. The van der Waals surface area contributed by atoms with Crippen molar-refractivity contribution < 1.29 is 0 Å². The highest BCUT2D eigenvalue weighted by atomic mass is 35.5. The quantitative estimate of drug-likeness (QED) is 0.725. The molecule has 6 nitrogen and oxygen atoms in total. The molecular weight excluding hydrogens is 335 g/mol. The Balaban J connectivity index is 2.50. The van der Waals surface area contributed by atoms with Gasteiger partial charge in [0.2, 0.25) is 0 Å². The molecule has 1 N–H and O–H groups in total. The van der Waals surface area contributed by atoms with Crippen LogP contribution in [0.5, 0.6) is 0 Å². The number of nitrogens with one attached hydrogen (secondary N) is 1. The Bertz CT molecular complexity index is 960. The molecule has 9 heteroatoms. The van der Waals surface area contributed by atoms with Crippen LogP contribution >= 0.6 is 34.9 Å². The van der Waals surface area contributed by atoms with Gasteiger partial charge in [-0.25, -0.2) is 9.36 Å². The van der Waals surface area contributed by atoms with E-state index in [1.165, 1.54) is 0 Å². The summed E-state index contributed by atoms with van der Waals surface area (Å²) in [7, 11) is 0. The summed E-state index contributed by atoms with van der Waals surface area (Å²) < 4.78 is 9.16. The van der Waals surface area contributed by atoms with Crippen LogP contribution in [-0.2, 0) is 6.42 Å². The maximum Gasteiger partial charge on any atom is 0.334 e. The molecule has 0 saturated carbocycles. The van der Waals surface area contributed by atoms with Crippen molar-refractivity contribution in [3.63, 3.8) is 0 Å². The molecule has 0 bridgehead atoms. The lowest BCUT2D eigenvalue weighted by Gasteiger charge is -2.09. The van der Waals surface area contributed by atoms with E-state index in [0.29, 0.717) is 23.0 Å². The van der Waals surface area contributed by atoms with Gasteiger partial charge in [-0.05, 0) is 18.6 Å². The van der Waals surface area contributed by atoms with E-state index in [1.807, 2.05) is 0 Å². The summed E-state index contributed by atoms with van der Waals surface area (Å²) in [6.07, 6.45) is 0.386. The highest BCUT2D eigenvalue weighted by Gasteiger charge is 2.19. The van der Waals surface area contributed by atoms with Crippen LogP contribution in [0.15, 0.2) is 21.7 Å². The van der Waals surface area contributed by atoms with Gasteiger partial charge in [-0.1, -0.05) is 30.1 Å². The summed E-state index contributed by atoms with van der Waals surface area (Å²) in [5.74, 6) is 0. The third kappa shape index (κ3) is 2.17. The molecule has 3 aromatic rings. The molecular formula is C12H8Cl2N4O2S. The standard InChI is InChI=1S/C12H8Cl2N4O2S/c1-2-5-10(14)15-12(20)18(11(5)19)9-6(13)3-4-7-8(9)17-21-16-7/h3-4H,2H2,1H3,(H,15,20). The maximum absolute atomic E-state index is 12.5. The van der Waals surface area contributed by atoms with E-state index >= 15 is 0 Å². The molecule has 0 radical (unpaired) electrons. The SMILES string of the molecule is CCc1c(Cl)[nH]c(=O)n(-c2c(Cl)ccc3nsnc23)c1=O. The third-order valence-corrected chi connectivity index (χ3v) is 4.25. The van der Waals surface area contributed by atoms with E-state index in [4.69, 9.17) is 23.2 Å². The van der Waals surface area contributed by atoms with Crippen LogP contribution in [0.1, 0.15) is 12.5 Å². The third-order valence-electron chi connectivity index (χ3n) is 3.08. The maximum atomic E-state index is 12.5. The van der Waals surface area contributed by atoms with Crippen molar-refractivity contribution in [3.05, 3.63) is 48.7 Å². The molecule has 108 valence electrons. The number of aromatic amines is 1. The zero-order valence-corrected chi connectivity index (χ0v) is 13.0. The summed E-state index contributed by atoms with van der Waals surface area (Å²) in [6, 6.07) is 3.26. The van der Waals surface area contributed by atoms with Gasteiger partial charge in [0.1, 0.15) is 21.9 Å². The molecule has 2 aromatic heterocycles. The second-order valence-corrected chi connectivity index (χ2v) is 5.56. The first kappa shape index (κ1) is 14.2. The van der Waals surface area contributed by atoms with Crippen LogP contribution < -0.4 is 11.2 Å². The van der Waals surface area contributed by atoms with Gasteiger partial charge in [-0.2, -0.15) is 8.75 Å². The van der Waals surface area contributed by atoms with Crippen LogP contribution in [0, 0.1) is 0 Å². The zero-order chi connectivity index (χ0) is 15.1. The molecule has 1 aromatic carbocycles. The lowest BCUT2D eigenvalue weighted by molar-refractivity contribution is 0.846. The van der Waals surface area contributed by atoms with E-state index in [9.17, 15) is 9.59 Å². The summed E-state index contributed by atoms with van der Waals surface area (Å²) in [5, 5.41) is 0.288. The predicted octanol–water partition coefficient (Wildman–Crippen LogP) is 2.40. The van der Waals surface area contributed by atoms with E-state index < -0.39 is 11.2 Å². The van der Waals surface area contributed by atoms with Gasteiger partial charge in [-0.3, -0.25) is 9.78 Å². The van der Waals surface area contributed by atoms with Gasteiger partial charge >= 0.3 is 5.69 Å².